The first kappa shape index (κ1) is 22.8. The molecule has 0 spiro atoms. The minimum absolute atomic E-state index is 0. The van der Waals surface area contributed by atoms with E-state index in [4.69, 9.17) is 0 Å². The van der Waals surface area contributed by atoms with E-state index in [1.54, 1.807) is 32.0 Å². The van der Waals surface area contributed by atoms with Gasteiger partial charge in [0.2, 0.25) is 0 Å². The van der Waals surface area contributed by atoms with Crippen molar-refractivity contribution in [3.63, 3.8) is 0 Å². The molecule has 2 aromatic rings. The van der Waals surface area contributed by atoms with Crippen molar-refractivity contribution in [3.8, 4) is 0 Å². The molecular weight excluding hydrogens is 372 g/mol. The Morgan fingerprint density at radius 2 is 1.38 bits per heavy atom. The van der Waals surface area contributed by atoms with Crippen LogP contribution in [0.15, 0.2) is 36.4 Å². The second-order valence-electron chi connectivity index (χ2n) is 5.50. The summed E-state index contributed by atoms with van der Waals surface area (Å²) in [5.74, 6) is 0. The van der Waals surface area contributed by atoms with E-state index in [1.165, 1.54) is 0 Å². The van der Waals surface area contributed by atoms with Gasteiger partial charge in [0, 0.05) is 5.56 Å². The fourth-order valence-electron chi connectivity index (χ4n) is 2.41. The van der Waals surface area contributed by atoms with Gasteiger partial charge in [0.25, 0.3) is 0 Å². The van der Waals surface area contributed by atoms with E-state index < -0.39 is 43.1 Å². The van der Waals surface area contributed by atoms with Crippen molar-refractivity contribution >= 4 is 38.3 Å². The Hall–Kier alpha value is -1.28. The van der Waals surface area contributed by atoms with Gasteiger partial charge in [-0.25, -0.2) is 0 Å². The maximum atomic E-state index is 13.1. The van der Waals surface area contributed by atoms with Gasteiger partial charge in [-0.3, -0.25) is 4.79 Å². The van der Waals surface area contributed by atoms with Crippen LogP contribution in [0.5, 0.6) is 0 Å². The molecule has 0 aliphatic carbocycles. The van der Waals surface area contributed by atoms with Crippen molar-refractivity contribution in [3.05, 3.63) is 64.2 Å². The number of alkyl halides is 6. The number of hydrogen-bond acceptors (Lipinski definition) is 1. The molecule has 2 rings (SSSR count). The Balaban J connectivity index is 0.00000338. The molecule has 2 aromatic carbocycles. The summed E-state index contributed by atoms with van der Waals surface area (Å²) in [6.07, 6.45) is -10.1. The van der Waals surface area contributed by atoms with Crippen molar-refractivity contribution in [1.82, 2.24) is 0 Å². The normalized spacial score (nSPS) is 12.3. The average Bonchev–Trinajstić information content (AvgIpc) is 2.47. The quantitative estimate of drug-likeness (QED) is 0.419. The first-order valence-electron chi connectivity index (χ1n) is 7.07. The number of hydrogen-bond donors (Lipinski definition) is 0. The zero-order valence-electron chi connectivity index (χ0n) is 13.1. The second kappa shape index (κ2) is 8.17. The molecule has 0 radical (unpaired) electrons. The summed E-state index contributed by atoms with van der Waals surface area (Å²) in [4.78, 5) is 12.4. The van der Waals surface area contributed by atoms with Crippen LogP contribution in [0.3, 0.4) is 0 Å². The number of halogens is 6. The van der Waals surface area contributed by atoms with Crippen LogP contribution in [0.4, 0.5) is 26.3 Å². The standard InChI is InChI=1S/C17H13F6OP.Li.H/c1-9-6-7-13(10(2)8-9)25-15(24)14-11(16(18,19)20)4-3-5-12(14)17(21,22)23;;/h3-8,25H,1-2H3;;. The molecule has 0 aliphatic rings. The van der Waals surface area contributed by atoms with Crippen molar-refractivity contribution < 1.29 is 31.1 Å². The second-order valence-corrected chi connectivity index (χ2v) is 6.74. The van der Waals surface area contributed by atoms with E-state index in [9.17, 15) is 31.1 Å². The molecule has 0 saturated carbocycles. The fraction of sp³-hybridized carbons (Fsp3) is 0.235. The molecule has 1 unspecified atom stereocenters. The molecule has 0 aliphatic heterocycles. The molecule has 1 nitrogen and oxygen atoms in total. The van der Waals surface area contributed by atoms with Crippen molar-refractivity contribution in [2.24, 2.45) is 0 Å². The first-order chi connectivity index (χ1) is 11.4. The van der Waals surface area contributed by atoms with Gasteiger partial charge in [-0.05, 0) is 45.4 Å². The Labute approximate surface area is 160 Å². The third-order valence-electron chi connectivity index (χ3n) is 3.53. The fourth-order valence-corrected chi connectivity index (χ4v) is 3.48. The van der Waals surface area contributed by atoms with E-state index in [1.807, 2.05) is 0 Å². The topological polar surface area (TPSA) is 17.1 Å². The van der Waals surface area contributed by atoms with Gasteiger partial charge in [0.1, 0.15) is 0 Å². The number of carbonyl (C=O) groups excluding carboxylic acids is 1. The van der Waals surface area contributed by atoms with Crippen molar-refractivity contribution in [2.75, 3.05) is 0 Å². The Morgan fingerprint density at radius 1 is 0.885 bits per heavy atom. The van der Waals surface area contributed by atoms with E-state index in [2.05, 4.69) is 0 Å². The van der Waals surface area contributed by atoms with Crippen LogP contribution in [-0.2, 0) is 12.4 Å². The van der Waals surface area contributed by atoms with Crippen LogP contribution < -0.4 is 5.30 Å². The average molecular weight is 386 g/mol. The molecule has 136 valence electrons. The molecule has 1 atom stereocenters. The number of carbonyl (C=O) groups is 1. The summed E-state index contributed by atoms with van der Waals surface area (Å²) in [6, 6.07) is 6.57. The van der Waals surface area contributed by atoms with Gasteiger partial charge in [0.05, 0.1) is 11.1 Å². The van der Waals surface area contributed by atoms with Crippen LogP contribution in [0.1, 0.15) is 32.6 Å². The van der Waals surface area contributed by atoms with Crippen molar-refractivity contribution in [1.29, 1.82) is 0 Å². The third kappa shape index (κ3) is 5.13. The number of benzene rings is 2. The zero-order valence-corrected chi connectivity index (χ0v) is 14.1. The molecule has 0 N–H and O–H groups in total. The third-order valence-corrected chi connectivity index (χ3v) is 4.84. The first-order valence-corrected chi connectivity index (χ1v) is 8.07. The summed E-state index contributed by atoms with van der Waals surface area (Å²) < 4.78 is 78.8. The number of rotatable bonds is 3. The van der Waals surface area contributed by atoms with Crippen LogP contribution in [0.2, 0.25) is 0 Å². The maximum absolute atomic E-state index is 13.1. The molecule has 9 heteroatoms. The summed E-state index contributed by atoms with van der Waals surface area (Å²) in [7, 11) is -0.837. The van der Waals surface area contributed by atoms with Gasteiger partial charge < -0.3 is 0 Å². The van der Waals surface area contributed by atoms with E-state index in [0.717, 1.165) is 5.56 Å². The van der Waals surface area contributed by atoms with Crippen LogP contribution >= 0.6 is 8.58 Å². The van der Waals surface area contributed by atoms with E-state index in [-0.39, 0.29) is 18.9 Å². The van der Waals surface area contributed by atoms with Crippen LogP contribution in [0, 0.1) is 13.8 Å². The molecule has 0 aromatic heterocycles. The van der Waals surface area contributed by atoms with Crippen LogP contribution in [-0.4, -0.2) is 24.4 Å². The summed E-state index contributed by atoms with van der Waals surface area (Å²) in [5, 5.41) is 0.417. The van der Waals surface area contributed by atoms with Gasteiger partial charge >= 0.3 is 31.2 Å². The summed E-state index contributed by atoms with van der Waals surface area (Å²) >= 11 is 0. The molecular formula is C17H14F6LiOP. The van der Waals surface area contributed by atoms with E-state index >= 15 is 0 Å². The SMILES string of the molecule is Cc1ccc(PC(=O)c2c(C(F)(F)F)cccc2C(F)(F)F)c(C)c1.[LiH]. The van der Waals surface area contributed by atoms with Crippen LogP contribution in [0.25, 0.3) is 0 Å². The molecule has 0 amide bonds. The Kier molecular flexibility index (Phi) is 7.15. The van der Waals surface area contributed by atoms with Gasteiger partial charge in [-0.15, -0.1) is 0 Å². The molecule has 0 saturated heterocycles. The Morgan fingerprint density at radius 3 is 1.81 bits per heavy atom. The molecule has 26 heavy (non-hydrogen) atoms. The zero-order chi connectivity index (χ0) is 19.0. The number of aryl methyl sites for hydroxylation is 2. The molecule has 0 bridgehead atoms. The minimum atomic E-state index is -5.06. The molecule has 0 fully saturated rings. The summed E-state index contributed by atoms with van der Waals surface area (Å²) in [5.41, 5.74) is -4.11. The summed E-state index contributed by atoms with van der Waals surface area (Å²) in [6.45, 7) is 3.45. The van der Waals surface area contributed by atoms with Gasteiger partial charge in [0.15, 0.2) is 5.52 Å². The van der Waals surface area contributed by atoms with Gasteiger partial charge in [-0.1, -0.05) is 29.8 Å². The molecule has 0 heterocycles. The predicted molar refractivity (Wildman–Crippen MR) is 91.8 cm³/mol. The Bertz CT molecular complexity index is 782. The monoisotopic (exact) mass is 386 g/mol. The predicted octanol–water partition coefficient (Wildman–Crippen LogP) is 4.84. The van der Waals surface area contributed by atoms with Gasteiger partial charge in [-0.2, -0.15) is 26.3 Å². The van der Waals surface area contributed by atoms with Crippen molar-refractivity contribution in [2.45, 2.75) is 26.2 Å². The van der Waals surface area contributed by atoms with E-state index in [0.29, 0.717) is 29.1 Å².